The van der Waals surface area contributed by atoms with Crippen molar-refractivity contribution in [3.05, 3.63) is 63.5 Å². The number of hydrogen-bond donors (Lipinski definition) is 1. The molecule has 0 amide bonds. The van der Waals surface area contributed by atoms with Gasteiger partial charge < -0.3 is 10.5 Å². The third kappa shape index (κ3) is 2.92. The van der Waals surface area contributed by atoms with Crippen molar-refractivity contribution in [3.63, 3.8) is 0 Å². The van der Waals surface area contributed by atoms with E-state index in [0.29, 0.717) is 12.3 Å². The zero-order chi connectivity index (χ0) is 14.7. The smallest absolute Gasteiger partial charge is 0.314 e. The monoisotopic (exact) mass is 276 g/mol. The molecule has 0 fully saturated rings. The zero-order valence-electron chi connectivity index (χ0n) is 10.8. The summed E-state index contributed by atoms with van der Waals surface area (Å²) in [6.07, 6.45) is 0. The molecule has 0 radical (unpaired) electrons. The van der Waals surface area contributed by atoms with E-state index in [2.05, 4.69) is 0 Å². The van der Waals surface area contributed by atoms with Crippen LogP contribution < -0.4 is 10.5 Å². The normalized spacial score (nSPS) is 10.3. The number of halogens is 1. The highest BCUT2D eigenvalue weighted by molar-refractivity contribution is 5.50. The first-order chi connectivity index (χ1) is 9.51. The number of rotatable bonds is 4. The minimum atomic E-state index is -0.684. The van der Waals surface area contributed by atoms with Crippen LogP contribution in [-0.2, 0) is 6.54 Å². The van der Waals surface area contributed by atoms with E-state index in [4.69, 9.17) is 10.5 Å². The van der Waals surface area contributed by atoms with E-state index < -0.39 is 16.4 Å². The van der Waals surface area contributed by atoms with Crippen LogP contribution in [0.2, 0.25) is 0 Å². The molecule has 5 nitrogen and oxygen atoms in total. The molecule has 104 valence electrons. The largest absolute Gasteiger partial charge is 0.450 e. The van der Waals surface area contributed by atoms with E-state index in [9.17, 15) is 14.5 Å². The predicted octanol–water partition coefficient (Wildman–Crippen LogP) is 3.29. The molecule has 0 saturated heterocycles. The predicted molar refractivity (Wildman–Crippen MR) is 72.2 cm³/mol. The highest BCUT2D eigenvalue weighted by Crippen LogP contribution is 2.33. The number of hydrogen-bond acceptors (Lipinski definition) is 4. The van der Waals surface area contributed by atoms with Gasteiger partial charge in [-0.15, -0.1) is 0 Å². The van der Waals surface area contributed by atoms with Gasteiger partial charge in [0.2, 0.25) is 5.75 Å². The van der Waals surface area contributed by atoms with E-state index in [-0.39, 0.29) is 5.75 Å². The molecule has 2 aromatic rings. The first-order valence-corrected chi connectivity index (χ1v) is 5.92. The maximum Gasteiger partial charge on any atom is 0.314 e. The lowest BCUT2D eigenvalue weighted by Gasteiger charge is -2.10. The highest BCUT2D eigenvalue weighted by Gasteiger charge is 2.17. The van der Waals surface area contributed by atoms with Gasteiger partial charge in [0.05, 0.1) is 11.0 Å². The van der Waals surface area contributed by atoms with Gasteiger partial charge in [-0.2, -0.15) is 0 Å². The Kier molecular flexibility index (Phi) is 3.95. The molecule has 2 aromatic carbocycles. The summed E-state index contributed by atoms with van der Waals surface area (Å²) in [7, 11) is 0. The van der Waals surface area contributed by atoms with Crippen molar-refractivity contribution in [1.29, 1.82) is 0 Å². The van der Waals surface area contributed by atoms with E-state index in [1.807, 2.05) is 19.1 Å². The molecule has 0 saturated carbocycles. The fraction of sp³-hybridized carbons (Fsp3) is 0.143. The molecular formula is C14H13FN2O3. The van der Waals surface area contributed by atoms with Gasteiger partial charge in [0.25, 0.3) is 0 Å². The molecular weight excluding hydrogens is 263 g/mol. The fourth-order valence-corrected chi connectivity index (χ4v) is 1.72. The molecule has 0 aliphatic heterocycles. The van der Waals surface area contributed by atoms with Gasteiger partial charge in [-0.1, -0.05) is 12.1 Å². The SMILES string of the molecule is Cc1ccc(CN)cc1Oc1ccc(F)cc1[N+](=O)[O-]. The van der Waals surface area contributed by atoms with Crippen LogP contribution in [0.3, 0.4) is 0 Å². The highest BCUT2D eigenvalue weighted by atomic mass is 19.1. The van der Waals surface area contributed by atoms with Gasteiger partial charge >= 0.3 is 5.69 Å². The van der Waals surface area contributed by atoms with E-state index in [1.54, 1.807) is 6.07 Å². The number of aryl methyl sites for hydroxylation is 1. The maximum absolute atomic E-state index is 13.1. The van der Waals surface area contributed by atoms with Gasteiger partial charge in [-0.3, -0.25) is 10.1 Å². The molecule has 0 aromatic heterocycles. The average Bonchev–Trinajstić information content (AvgIpc) is 2.42. The lowest BCUT2D eigenvalue weighted by molar-refractivity contribution is -0.385. The zero-order valence-corrected chi connectivity index (χ0v) is 10.8. The van der Waals surface area contributed by atoms with Gasteiger partial charge in [0, 0.05) is 6.54 Å². The Morgan fingerprint density at radius 3 is 2.65 bits per heavy atom. The number of nitrogens with two attached hydrogens (primary N) is 1. The van der Waals surface area contributed by atoms with E-state index in [1.165, 1.54) is 6.07 Å². The Hall–Kier alpha value is -2.47. The second-order valence-electron chi connectivity index (χ2n) is 4.28. The van der Waals surface area contributed by atoms with Crippen LogP contribution in [0, 0.1) is 22.9 Å². The summed E-state index contributed by atoms with van der Waals surface area (Å²) in [4.78, 5) is 10.2. The van der Waals surface area contributed by atoms with Crippen molar-refractivity contribution in [2.75, 3.05) is 0 Å². The summed E-state index contributed by atoms with van der Waals surface area (Å²) in [6.45, 7) is 2.15. The van der Waals surface area contributed by atoms with Crippen LogP contribution in [0.25, 0.3) is 0 Å². The molecule has 0 aliphatic rings. The molecule has 6 heteroatoms. The molecule has 0 spiro atoms. The van der Waals surface area contributed by atoms with Gasteiger partial charge in [0.15, 0.2) is 0 Å². The topological polar surface area (TPSA) is 78.4 Å². The van der Waals surface area contributed by atoms with Gasteiger partial charge in [-0.25, -0.2) is 4.39 Å². The molecule has 20 heavy (non-hydrogen) atoms. The van der Waals surface area contributed by atoms with Crippen LogP contribution in [0.1, 0.15) is 11.1 Å². The summed E-state index contributed by atoms with van der Waals surface area (Å²) in [5.74, 6) is -0.229. The van der Waals surface area contributed by atoms with Crippen LogP contribution in [0.5, 0.6) is 11.5 Å². The molecule has 2 N–H and O–H groups in total. The average molecular weight is 276 g/mol. The number of nitrogens with zero attached hydrogens (tertiary/aromatic N) is 1. The van der Waals surface area contributed by atoms with Crippen molar-refractivity contribution in [3.8, 4) is 11.5 Å². The lowest BCUT2D eigenvalue weighted by Crippen LogP contribution is -1.99. The second kappa shape index (κ2) is 5.66. The summed E-state index contributed by atoms with van der Waals surface area (Å²) >= 11 is 0. The molecule has 0 aliphatic carbocycles. The van der Waals surface area contributed by atoms with Crippen molar-refractivity contribution in [2.45, 2.75) is 13.5 Å². The van der Waals surface area contributed by atoms with E-state index >= 15 is 0 Å². The first kappa shape index (κ1) is 14.0. The minimum Gasteiger partial charge on any atom is -0.450 e. The standard InChI is InChI=1S/C14H13FN2O3/c1-9-2-3-10(8-16)6-14(9)20-13-5-4-11(15)7-12(13)17(18)19/h2-7H,8,16H2,1H3. The Balaban J connectivity index is 2.42. The lowest BCUT2D eigenvalue weighted by atomic mass is 10.1. The molecule has 0 unspecified atom stereocenters. The van der Waals surface area contributed by atoms with Crippen LogP contribution in [-0.4, -0.2) is 4.92 Å². The molecule has 0 bridgehead atoms. The van der Waals surface area contributed by atoms with Crippen molar-refractivity contribution in [1.82, 2.24) is 0 Å². The van der Waals surface area contributed by atoms with Crippen LogP contribution >= 0.6 is 0 Å². The first-order valence-electron chi connectivity index (χ1n) is 5.92. The summed E-state index contributed by atoms with van der Waals surface area (Å²) in [6, 6.07) is 8.56. The van der Waals surface area contributed by atoms with Crippen molar-refractivity contribution in [2.24, 2.45) is 5.73 Å². The molecule has 2 rings (SSSR count). The van der Waals surface area contributed by atoms with Crippen LogP contribution in [0.4, 0.5) is 10.1 Å². The van der Waals surface area contributed by atoms with E-state index in [0.717, 1.165) is 23.3 Å². The second-order valence-corrected chi connectivity index (χ2v) is 4.28. The third-order valence-electron chi connectivity index (χ3n) is 2.83. The van der Waals surface area contributed by atoms with Crippen molar-refractivity contribution < 1.29 is 14.1 Å². The quantitative estimate of drug-likeness (QED) is 0.686. The third-order valence-corrected chi connectivity index (χ3v) is 2.83. The number of nitro groups is 1. The maximum atomic E-state index is 13.1. The summed E-state index contributed by atoms with van der Waals surface area (Å²) in [5.41, 5.74) is 6.78. The summed E-state index contributed by atoms with van der Waals surface area (Å²) < 4.78 is 18.6. The Labute approximate surface area is 114 Å². The Bertz CT molecular complexity index is 659. The minimum absolute atomic E-state index is 0.00586. The number of nitro benzene ring substituents is 1. The molecule has 0 heterocycles. The fourth-order valence-electron chi connectivity index (χ4n) is 1.72. The molecule has 0 atom stereocenters. The summed E-state index contributed by atoms with van der Waals surface area (Å²) in [5, 5.41) is 10.9. The number of ether oxygens (including phenoxy) is 1. The Morgan fingerprint density at radius 1 is 1.25 bits per heavy atom. The van der Waals surface area contributed by atoms with Crippen molar-refractivity contribution >= 4 is 5.69 Å². The Morgan fingerprint density at radius 2 is 2.00 bits per heavy atom. The van der Waals surface area contributed by atoms with Gasteiger partial charge in [0.1, 0.15) is 11.6 Å². The van der Waals surface area contributed by atoms with Gasteiger partial charge in [-0.05, 0) is 36.2 Å². The number of benzene rings is 2. The van der Waals surface area contributed by atoms with Crippen LogP contribution in [0.15, 0.2) is 36.4 Å².